The van der Waals surface area contributed by atoms with Crippen LogP contribution in [0.2, 0.25) is 0 Å². The Labute approximate surface area is 108 Å². The molecule has 0 heterocycles. The molecule has 4 nitrogen and oxygen atoms in total. The normalized spacial score (nSPS) is 14.4. The molecule has 0 aliphatic carbocycles. The summed E-state index contributed by atoms with van der Waals surface area (Å²) in [6.45, 7) is 0.907. The van der Waals surface area contributed by atoms with Gasteiger partial charge in [0.2, 0.25) is 0 Å². The van der Waals surface area contributed by atoms with Gasteiger partial charge in [-0.25, -0.2) is 4.39 Å². The first-order chi connectivity index (χ1) is 8.63. The minimum Gasteiger partial charge on any atom is -0.390 e. The lowest BCUT2D eigenvalue weighted by Crippen LogP contribution is -2.23. The molecular formula is C12H17FO4S. The molecule has 0 saturated carbocycles. The summed E-state index contributed by atoms with van der Waals surface area (Å²) in [4.78, 5) is 0.367. The quantitative estimate of drug-likeness (QED) is 0.719. The highest BCUT2D eigenvalue weighted by Crippen LogP contribution is 2.09. The molecule has 0 radical (unpaired) electrons. The number of ether oxygens (including phenoxy) is 2. The monoisotopic (exact) mass is 276 g/mol. The van der Waals surface area contributed by atoms with Crippen LogP contribution in [0.15, 0.2) is 29.2 Å². The van der Waals surface area contributed by atoms with Crippen LogP contribution in [0.1, 0.15) is 0 Å². The van der Waals surface area contributed by atoms with Gasteiger partial charge in [-0.15, -0.1) is 0 Å². The van der Waals surface area contributed by atoms with Crippen molar-refractivity contribution < 1.29 is 23.2 Å². The number of rotatable bonds is 8. The summed E-state index contributed by atoms with van der Waals surface area (Å²) in [5, 5.41) is 9.60. The van der Waals surface area contributed by atoms with Gasteiger partial charge < -0.3 is 14.6 Å². The van der Waals surface area contributed by atoms with Gasteiger partial charge in [-0.3, -0.25) is 4.21 Å². The van der Waals surface area contributed by atoms with Crippen LogP contribution in [-0.2, 0) is 20.3 Å². The van der Waals surface area contributed by atoms with Gasteiger partial charge in [0.25, 0.3) is 0 Å². The summed E-state index contributed by atoms with van der Waals surface area (Å²) >= 11 is 0. The van der Waals surface area contributed by atoms with E-state index in [4.69, 9.17) is 9.47 Å². The fraction of sp³-hybridized carbons (Fsp3) is 0.500. The fourth-order valence-electron chi connectivity index (χ4n) is 1.29. The molecule has 1 N–H and O–H groups in total. The molecule has 1 rings (SSSR count). The maximum Gasteiger partial charge on any atom is 0.124 e. The second-order valence-corrected chi connectivity index (χ2v) is 5.19. The average molecular weight is 276 g/mol. The van der Waals surface area contributed by atoms with Crippen LogP contribution in [0.4, 0.5) is 4.39 Å². The minimum atomic E-state index is -1.43. The van der Waals surface area contributed by atoms with Crippen LogP contribution in [0.5, 0.6) is 0 Å². The molecule has 0 aliphatic rings. The Hall–Kier alpha value is -0.820. The molecule has 1 aromatic rings. The molecule has 0 aromatic heterocycles. The topological polar surface area (TPSA) is 55.8 Å². The average Bonchev–Trinajstić information content (AvgIpc) is 2.34. The molecule has 0 amide bonds. The lowest BCUT2D eigenvalue weighted by molar-refractivity contribution is 0.0215. The number of hydrogen-bond donors (Lipinski definition) is 1. The maximum atomic E-state index is 12.9. The van der Waals surface area contributed by atoms with E-state index in [0.717, 1.165) is 0 Å². The predicted molar refractivity (Wildman–Crippen MR) is 66.4 cm³/mol. The first kappa shape index (κ1) is 15.2. The Morgan fingerprint density at radius 3 is 2.89 bits per heavy atom. The van der Waals surface area contributed by atoms with Gasteiger partial charge in [0.1, 0.15) is 5.82 Å². The number of halogens is 1. The highest BCUT2D eigenvalue weighted by molar-refractivity contribution is 7.85. The van der Waals surface area contributed by atoms with Crippen molar-refractivity contribution in [2.75, 3.05) is 32.7 Å². The van der Waals surface area contributed by atoms with Gasteiger partial charge in [-0.1, -0.05) is 6.07 Å². The molecule has 2 unspecified atom stereocenters. The first-order valence-corrected chi connectivity index (χ1v) is 6.84. The zero-order chi connectivity index (χ0) is 13.4. The van der Waals surface area contributed by atoms with E-state index in [2.05, 4.69) is 0 Å². The van der Waals surface area contributed by atoms with E-state index in [9.17, 15) is 13.7 Å². The van der Waals surface area contributed by atoms with E-state index in [0.29, 0.717) is 18.1 Å². The molecule has 0 bridgehead atoms. The number of benzene rings is 1. The van der Waals surface area contributed by atoms with E-state index in [1.165, 1.54) is 18.2 Å². The van der Waals surface area contributed by atoms with Gasteiger partial charge in [0, 0.05) is 12.0 Å². The number of hydrogen-bond acceptors (Lipinski definition) is 4. The van der Waals surface area contributed by atoms with Crippen molar-refractivity contribution in [3.63, 3.8) is 0 Å². The SMILES string of the molecule is COCCOCC(O)CS(=O)c1cccc(F)c1. The molecule has 0 spiro atoms. The smallest absolute Gasteiger partial charge is 0.124 e. The highest BCUT2D eigenvalue weighted by Gasteiger charge is 2.12. The van der Waals surface area contributed by atoms with Crippen LogP contribution in [-0.4, -0.2) is 48.1 Å². The second-order valence-electron chi connectivity index (χ2n) is 3.69. The lowest BCUT2D eigenvalue weighted by Gasteiger charge is -2.11. The molecule has 102 valence electrons. The summed E-state index contributed by atoms with van der Waals surface area (Å²) in [7, 11) is 0.122. The Balaban J connectivity index is 2.35. The molecule has 1 aromatic carbocycles. The van der Waals surface area contributed by atoms with Crippen molar-refractivity contribution in [2.24, 2.45) is 0 Å². The zero-order valence-electron chi connectivity index (χ0n) is 10.2. The van der Waals surface area contributed by atoms with Crippen molar-refractivity contribution in [3.05, 3.63) is 30.1 Å². The molecule has 0 saturated heterocycles. The first-order valence-electron chi connectivity index (χ1n) is 5.52. The zero-order valence-corrected chi connectivity index (χ0v) is 11.0. The van der Waals surface area contributed by atoms with E-state index in [1.807, 2.05) is 0 Å². The lowest BCUT2D eigenvalue weighted by atomic mass is 10.3. The van der Waals surface area contributed by atoms with Crippen LogP contribution >= 0.6 is 0 Å². The maximum absolute atomic E-state index is 12.9. The second kappa shape index (κ2) is 8.31. The Morgan fingerprint density at radius 1 is 1.44 bits per heavy atom. The summed E-state index contributed by atoms with van der Waals surface area (Å²) < 4.78 is 34.6. The summed E-state index contributed by atoms with van der Waals surface area (Å²) in [6, 6.07) is 5.54. The third kappa shape index (κ3) is 5.68. The minimum absolute atomic E-state index is 0.0242. The Bertz CT molecular complexity index is 386. The summed E-state index contributed by atoms with van der Waals surface area (Å²) in [5.41, 5.74) is 0. The molecule has 0 fully saturated rings. The van der Waals surface area contributed by atoms with Gasteiger partial charge in [-0.05, 0) is 18.2 Å². The van der Waals surface area contributed by atoms with E-state index in [1.54, 1.807) is 13.2 Å². The van der Waals surface area contributed by atoms with Gasteiger partial charge >= 0.3 is 0 Å². The van der Waals surface area contributed by atoms with Gasteiger partial charge in [-0.2, -0.15) is 0 Å². The van der Waals surface area contributed by atoms with Crippen molar-refractivity contribution >= 4 is 10.8 Å². The van der Waals surface area contributed by atoms with Gasteiger partial charge in [0.05, 0.1) is 42.5 Å². The predicted octanol–water partition coefficient (Wildman–Crippen LogP) is 0.957. The Kier molecular flexibility index (Phi) is 7.04. The van der Waals surface area contributed by atoms with Crippen LogP contribution in [0.3, 0.4) is 0 Å². The molecule has 18 heavy (non-hydrogen) atoms. The van der Waals surface area contributed by atoms with E-state index >= 15 is 0 Å². The van der Waals surface area contributed by atoms with Crippen LogP contribution in [0.25, 0.3) is 0 Å². The Morgan fingerprint density at radius 2 is 2.22 bits per heavy atom. The summed E-state index contributed by atoms with van der Waals surface area (Å²) in [6.07, 6.45) is -0.842. The third-order valence-corrected chi connectivity index (χ3v) is 3.61. The molecule has 0 aliphatic heterocycles. The van der Waals surface area contributed by atoms with Gasteiger partial charge in [0.15, 0.2) is 0 Å². The standard InChI is InChI=1S/C12H17FO4S/c1-16-5-6-17-8-11(14)9-18(15)12-4-2-3-10(13)7-12/h2-4,7,11,14H,5-6,8-9H2,1H3. The van der Waals surface area contributed by atoms with E-state index in [-0.39, 0.29) is 12.4 Å². The van der Waals surface area contributed by atoms with Crippen molar-refractivity contribution in [3.8, 4) is 0 Å². The fourth-order valence-corrected chi connectivity index (χ4v) is 2.40. The van der Waals surface area contributed by atoms with Crippen LogP contribution < -0.4 is 0 Å². The molecule has 2 atom stereocenters. The van der Waals surface area contributed by atoms with Crippen molar-refractivity contribution in [1.29, 1.82) is 0 Å². The number of methoxy groups -OCH3 is 1. The largest absolute Gasteiger partial charge is 0.390 e. The van der Waals surface area contributed by atoms with E-state index < -0.39 is 22.7 Å². The molecule has 6 heteroatoms. The number of aliphatic hydroxyl groups excluding tert-OH is 1. The third-order valence-electron chi connectivity index (χ3n) is 2.14. The summed E-state index contributed by atoms with van der Waals surface area (Å²) in [5.74, 6) is -0.414. The highest BCUT2D eigenvalue weighted by atomic mass is 32.2. The number of aliphatic hydroxyl groups is 1. The van der Waals surface area contributed by atoms with Crippen molar-refractivity contribution in [1.82, 2.24) is 0 Å². The molecular weight excluding hydrogens is 259 g/mol. The van der Waals surface area contributed by atoms with Crippen molar-refractivity contribution in [2.45, 2.75) is 11.0 Å². The van der Waals surface area contributed by atoms with Crippen LogP contribution in [0, 0.1) is 5.82 Å².